The maximum Gasteiger partial charge on any atom is 0.472 e. The quantitative estimate of drug-likeness (QED) is 0.0244. The predicted molar refractivity (Wildman–Crippen MR) is 249 cm³/mol. The van der Waals surface area contributed by atoms with Crippen molar-refractivity contribution < 1.29 is 32.9 Å². The largest absolute Gasteiger partial charge is 0.472 e. The number of carbonyl (C=O) groups is 1. The number of aliphatic hydroxyl groups is 1. The Kier molecular flexibility index (Phi) is 40.2. The van der Waals surface area contributed by atoms with E-state index in [2.05, 4.69) is 43.5 Å². The summed E-state index contributed by atoms with van der Waals surface area (Å²) in [6, 6.07) is -0.865. The van der Waals surface area contributed by atoms with E-state index in [1.165, 1.54) is 148 Å². The number of phosphoric ester groups is 1. The van der Waals surface area contributed by atoms with E-state index in [9.17, 15) is 19.4 Å². The fourth-order valence-corrected chi connectivity index (χ4v) is 7.70. The zero-order valence-electron chi connectivity index (χ0n) is 38.8. The van der Waals surface area contributed by atoms with Gasteiger partial charge in [0, 0.05) is 6.42 Å². The molecule has 58 heavy (non-hydrogen) atoms. The number of rotatable bonds is 44. The van der Waals surface area contributed by atoms with Gasteiger partial charge in [0.15, 0.2) is 0 Å². The lowest BCUT2D eigenvalue weighted by Crippen LogP contribution is -2.45. The summed E-state index contributed by atoms with van der Waals surface area (Å²) in [5.41, 5.74) is 0. The van der Waals surface area contributed by atoms with Crippen molar-refractivity contribution in [3.05, 3.63) is 36.5 Å². The molecule has 3 atom stereocenters. The Balaban J connectivity index is 4.16. The molecule has 0 heterocycles. The first-order valence-corrected chi connectivity index (χ1v) is 25.9. The summed E-state index contributed by atoms with van der Waals surface area (Å²) in [4.78, 5) is 23.1. The zero-order valence-corrected chi connectivity index (χ0v) is 39.7. The van der Waals surface area contributed by atoms with Crippen LogP contribution in [-0.4, -0.2) is 73.4 Å². The molecule has 0 radical (unpaired) electrons. The van der Waals surface area contributed by atoms with E-state index in [1.807, 2.05) is 27.2 Å². The molecule has 1 amide bonds. The van der Waals surface area contributed by atoms with Gasteiger partial charge >= 0.3 is 7.82 Å². The van der Waals surface area contributed by atoms with Crippen LogP contribution < -0.4 is 5.32 Å². The minimum absolute atomic E-state index is 0.0545. The van der Waals surface area contributed by atoms with Crippen LogP contribution in [-0.2, 0) is 18.4 Å². The normalized spacial score (nSPS) is 14.5. The van der Waals surface area contributed by atoms with Crippen molar-refractivity contribution in [2.75, 3.05) is 40.9 Å². The summed E-state index contributed by atoms with van der Waals surface area (Å²) in [5, 5.41) is 13.8. The second-order valence-electron chi connectivity index (χ2n) is 17.8. The lowest BCUT2D eigenvalue weighted by Gasteiger charge is -2.25. The molecule has 8 nitrogen and oxygen atoms in total. The molecule has 0 saturated carbocycles. The average molecular weight is 840 g/mol. The lowest BCUT2D eigenvalue weighted by atomic mass is 10.0. The Morgan fingerprint density at radius 3 is 1.34 bits per heavy atom. The summed E-state index contributed by atoms with van der Waals surface area (Å²) in [5.74, 6) is -0.190. The molecule has 0 fully saturated rings. The van der Waals surface area contributed by atoms with Gasteiger partial charge in [-0.25, -0.2) is 4.57 Å². The van der Waals surface area contributed by atoms with Crippen LogP contribution in [0.2, 0.25) is 0 Å². The van der Waals surface area contributed by atoms with Crippen LogP contribution in [0.4, 0.5) is 0 Å². The van der Waals surface area contributed by atoms with Crippen molar-refractivity contribution in [2.24, 2.45) is 0 Å². The summed E-state index contributed by atoms with van der Waals surface area (Å²) in [7, 11) is 1.55. The highest BCUT2D eigenvalue weighted by Crippen LogP contribution is 2.43. The number of nitrogens with zero attached hydrogens (tertiary/aromatic N) is 1. The van der Waals surface area contributed by atoms with Crippen LogP contribution >= 0.6 is 7.82 Å². The van der Waals surface area contributed by atoms with Gasteiger partial charge in [-0.05, 0) is 38.5 Å². The average Bonchev–Trinajstić information content (AvgIpc) is 3.17. The highest BCUT2D eigenvalue weighted by molar-refractivity contribution is 7.47. The van der Waals surface area contributed by atoms with Crippen LogP contribution in [0.1, 0.15) is 219 Å². The van der Waals surface area contributed by atoms with E-state index in [0.29, 0.717) is 17.4 Å². The van der Waals surface area contributed by atoms with Gasteiger partial charge in [-0.3, -0.25) is 13.8 Å². The third-order valence-corrected chi connectivity index (χ3v) is 11.8. The van der Waals surface area contributed by atoms with Crippen LogP contribution in [0.5, 0.6) is 0 Å². The summed E-state index contributed by atoms with van der Waals surface area (Å²) in [6.45, 7) is 4.72. The smallest absolute Gasteiger partial charge is 0.387 e. The van der Waals surface area contributed by atoms with Crippen molar-refractivity contribution in [2.45, 2.75) is 231 Å². The van der Waals surface area contributed by atoms with Gasteiger partial charge in [0.05, 0.1) is 39.9 Å². The molecule has 0 aromatic carbocycles. The van der Waals surface area contributed by atoms with Crippen LogP contribution in [0.3, 0.4) is 0 Å². The fraction of sp³-hybridized carbons (Fsp3) is 0.857. The minimum Gasteiger partial charge on any atom is -0.387 e. The second-order valence-corrected chi connectivity index (χ2v) is 19.3. The molecule has 0 bridgehead atoms. The SMILES string of the molecule is CCC/C=C/CC/C=C/CC/C=C/C(O)C(COP(=O)(O)OCC[N+](C)(C)C)NC(=O)CCCCCCCCCCCCCCCCCCCCCCCCCCC. The number of amides is 1. The summed E-state index contributed by atoms with van der Waals surface area (Å²) >= 11 is 0. The van der Waals surface area contributed by atoms with Crippen LogP contribution in [0.25, 0.3) is 0 Å². The van der Waals surface area contributed by atoms with Gasteiger partial charge in [-0.1, -0.05) is 211 Å². The zero-order chi connectivity index (χ0) is 42.8. The van der Waals surface area contributed by atoms with Gasteiger partial charge in [0.1, 0.15) is 13.2 Å². The Morgan fingerprint density at radius 1 is 0.569 bits per heavy atom. The number of nitrogens with one attached hydrogen (secondary N) is 1. The number of aliphatic hydroxyl groups excluding tert-OH is 1. The van der Waals surface area contributed by atoms with Gasteiger partial charge in [-0.2, -0.15) is 0 Å². The number of likely N-dealkylation sites (N-methyl/N-ethyl adjacent to an activating group) is 1. The Bertz CT molecular complexity index is 1040. The standard InChI is InChI=1S/C49H95N2O6P/c1-6-8-10-12-14-16-18-19-20-21-22-23-24-25-26-27-28-29-30-31-33-35-37-39-41-43-49(53)50-47(46-57-58(54,55)56-45-44-51(3,4)5)48(52)42-40-38-36-34-32-17-15-13-11-9-7-2/h11,13,32,34,40,42,47-48,52H,6-10,12,14-31,33,35-39,41,43-46H2,1-5H3,(H-,50,53,54,55)/p+1/b13-11+,34-32+,42-40+. The van der Waals surface area contributed by atoms with E-state index in [1.54, 1.807) is 6.08 Å². The molecule has 0 aliphatic rings. The molecule has 0 aromatic heterocycles. The number of phosphoric acid groups is 1. The third kappa shape index (κ3) is 42.8. The molecule has 0 saturated heterocycles. The topological polar surface area (TPSA) is 105 Å². The fourth-order valence-electron chi connectivity index (χ4n) is 6.96. The number of hydrogen-bond donors (Lipinski definition) is 3. The summed E-state index contributed by atoms with van der Waals surface area (Å²) < 4.78 is 23.5. The maximum absolute atomic E-state index is 12.9. The monoisotopic (exact) mass is 840 g/mol. The Labute approximate surface area is 359 Å². The van der Waals surface area contributed by atoms with E-state index >= 15 is 0 Å². The van der Waals surface area contributed by atoms with Gasteiger partial charge in [0.25, 0.3) is 0 Å². The predicted octanol–water partition coefficient (Wildman–Crippen LogP) is 13.9. The molecule has 9 heteroatoms. The highest BCUT2D eigenvalue weighted by atomic mass is 31.2. The van der Waals surface area contributed by atoms with Crippen molar-refractivity contribution in [1.82, 2.24) is 5.32 Å². The first-order chi connectivity index (χ1) is 28.0. The highest BCUT2D eigenvalue weighted by Gasteiger charge is 2.27. The van der Waals surface area contributed by atoms with E-state index in [-0.39, 0.29) is 19.1 Å². The molecule has 3 N–H and O–H groups in total. The van der Waals surface area contributed by atoms with Crippen molar-refractivity contribution in [3.63, 3.8) is 0 Å². The van der Waals surface area contributed by atoms with Crippen molar-refractivity contribution in [1.29, 1.82) is 0 Å². The van der Waals surface area contributed by atoms with Crippen molar-refractivity contribution >= 4 is 13.7 Å². The number of allylic oxidation sites excluding steroid dienone is 5. The molecule has 3 unspecified atom stereocenters. The number of quaternary nitrogens is 1. The molecular weight excluding hydrogens is 744 g/mol. The number of hydrogen-bond acceptors (Lipinski definition) is 5. The van der Waals surface area contributed by atoms with E-state index < -0.39 is 20.0 Å². The third-order valence-electron chi connectivity index (χ3n) is 10.8. The lowest BCUT2D eigenvalue weighted by molar-refractivity contribution is -0.870. The van der Waals surface area contributed by atoms with E-state index in [0.717, 1.165) is 51.4 Å². The molecular formula is C49H96N2O6P+. The minimum atomic E-state index is -4.34. The Hall–Kier alpha value is -1.28. The molecule has 0 aromatic rings. The van der Waals surface area contributed by atoms with Crippen molar-refractivity contribution in [3.8, 4) is 0 Å². The Morgan fingerprint density at radius 2 is 0.948 bits per heavy atom. The van der Waals surface area contributed by atoms with E-state index in [4.69, 9.17) is 9.05 Å². The second kappa shape index (κ2) is 41.1. The molecule has 342 valence electrons. The van der Waals surface area contributed by atoms with Crippen LogP contribution in [0.15, 0.2) is 36.5 Å². The molecule has 0 rings (SSSR count). The summed E-state index contributed by atoms with van der Waals surface area (Å²) in [6.07, 6.45) is 51.0. The number of carbonyl (C=O) groups excluding carboxylic acids is 1. The van der Waals surface area contributed by atoms with Gasteiger partial charge in [-0.15, -0.1) is 0 Å². The molecule has 0 aliphatic carbocycles. The first-order valence-electron chi connectivity index (χ1n) is 24.4. The molecule has 0 aliphatic heterocycles. The van der Waals surface area contributed by atoms with Crippen LogP contribution in [0, 0.1) is 0 Å². The molecule has 0 spiro atoms. The first kappa shape index (κ1) is 56.7. The number of unbranched alkanes of at least 4 members (excludes halogenated alkanes) is 27. The van der Waals surface area contributed by atoms with Gasteiger partial charge in [0.2, 0.25) is 5.91 Å². The van der Waals surface area contributed by atoms with Gasteiger partial charge < -0.3 is 19.8 Å². The maximum atomic E-state index is 12.9.